The Balaban J connectivity index is 2.90. The first-order valence-corrected chi connectivity index (χ1v) is 4.86. The molecule has 1 aromatic rings. The molecular formula is C9H7BrN2O4. The number of hydrogen-bond acceptors (Lipinski definition) is 4. The monoisotopic (exact) mass is 286 g/mol. The minimum Gasteiger partial charge on any atom is -0.476 e. The van der Waals surface area contributed by atoms with Crippen LogP contribution in [0, 0.1) is 0 Å². The number of nitrogens with zero attached hydrogens (tertiary/aromatic N) is 1. The highest BCUT2D eigenvalue weighted by atomic mass is 79.9. The number of benzene rings is 1. The second kappa shape index (κ2) is 5.26. The summed E-state index contributed by atoms with van der Waals surface area (Å²) < 4.78 is 0.647. The standard InChI is InChI=1S/C9H7BrN2O4/c10-5-3-1-2-4-6(5)11-12-7(8(13)14)9(15)16/h1-4,11H,(H,13,14)(H,15,16). The van der Waals surface area contributed by atoms with Crippen molar-refractivity contribution in [3.8, 4) is 0 Å². The molecule has 0 aliphatic carbocycles. The maximum Gasteiger partial charge on any atom is 0.364 e. The van der Waals surface area contributed by atoms with E-state index >= 15 is 0 Å². The average molecular weight is 287 g/mol. The number of nitrogens with one attached hydrogen (secondary N) is 1. The van der Waals surface area contributed by atoms with E-state index < -0.39 is 17.7 Å². The largest absolute Gasteiger partial charge is 0.476 e. The number of anilines is 1. The molecule has 0 spiro atoms. The lowest BCUT2D eigenvalue weighted by molar-refractivity contribution is -0.134. The van der Waals surface area contributed by atoms with Crippen LogP contribution in [0.15, 0.2) is 33.8 Å². The van der Waals surface area contributed by atoms with Gasteiger partial charge in [0.05, 0.1) is 5.69 Å². The molecule has 0 amide bonds. The highest BCUT2D eigenvalue weighted by Crippen LogP contribution is 2.20. The van der Waals surface area contributed by atoms with Gasteiger partial charge in [-0.05, 0) is 28.1 Å². The lowest BCUT2D eigenvalue weighted by atomic mass is 10.3. The van der Waals surface area contributed by atoms with E-state index in [9.17, 15) is 9.59 Å². The van der Waals surface area contributed by atoms with Gasteiger partial charge in [0.1, 0.15) is 0 Å². The van der Waals surface area contributed by atoms with Crippen LogP contribution in [0.2, 0.25) is 0 Å². The first-order chi connectivity index (χ1) is 7.52. The van der Waals surface area contributed by atoms with E-state index in [4.69, 9.17) is 10.2 Å². The van der Waals surface area contributed by atoms with Crippen molar-refractivity contribution in [1.82, 2.24) is 0 Å². The van der Waals surface area contributed by atoms with Crippen molar-refractivity contribution < 1.29 is 19.8 Å². The molecule has 0 saturated carbocycles. The number of hydrogen-bond donors (Lipinski definition) is 3. The highest BCUT2D eigenvalue weighted by Gasteiger charge is 2.18. The van der Waals surface area contributed by atoms with Gasteiger partial charge in [0.25, 0.3) is 5.71 Å². The van der Waals surface area contributed by atoms with Crippen molar-refractivity contribution in [3.05, 3.63) is 28.7 Å². The molecule has 16 heavy (non-hydrogen) atoms. The van der Waals surface area contributed by atoms with Gasteiger partial charge in [0.2, 0.25) is 0 Å². The molecule has 0 atom stereocenters. The predicted molar refractivity (Wildman–Crippen MR) is 60.5 cm³/mol. The normalized spacial score (nSPS) is 9.31. The smallest absolute Gasteiger partial charge is 0.364 e. The van der Waals surface area contributed by atoms with Crippen molar-refractivity contribution in [2.45, 2.75) is 0 Å². The lowest BCUT2D eigenvalue weighted by Crippen LogP contribution is -2.24. The summed E-state index contributed by atoms with van der Waals surface area (Å²) in [6.45, 7) is 0. The van der Waals surface area contributed by atoms with E-state index in [1.165, 1.54) is 0 Å². The molecule has 0 aromatic heterocycles. The molecule has 1 aromatic carbocycles. The molecule has 3 N–H and O–H groups in total. The minimum atomic E-state index is -1.60. The van der Waals surface area contributed by atoms with Gasteiger partial charge in [-0.3, -0.25) is 5.43 Å². The van der Waals surface area contributed by atoms with Crippen molar-refractivity contribution in [3.63, 3.8) is 0 Å². The third kappa shape index (κ3) is 3.06. The molecule has 0 saturated heterocycles. The molecule has 0 radical (unpaired) electrons. The van der Waals surface area contributed by atoms with Gasteiger partial charge in [-0.15, -0.1) is 0 Å². The third-order valence-electron chi connectivity index (χ3n) is 1.57. The lowest BCUT2D eigenvalue weighted by Gasteiger charge is -2.02. The average Bonchev–Trinajstić information content (AvgIpc) is 2.20. The second-order valence-corrected chi connectivity index (χ2v) is 3.52. The van der Waals surface area contributed by atoms with Crippen LogP contribution in [0.1, 0.15) is 0 Å². The number of halogens is 1. The van der Waals surface area contributed by atoms with E-state index in [1.807, 2.05) is 0 Å². The zero-order chi connectivity index (χ0) is 12.1. The Labute approximate surface area is 98.7 Å². The summed E-state index contributed by atoms with van der Waals surface area (Å²) >= 11 is 3.19. The number of aliphatic carboxylic acids is 2. The van der Waals surface area contributed by atoms with Gasteiger partial charge >= 0.3 is 11.9 Å². The van der Waals surface area contributed by atoms with Crippen LogP contribution in [0.3, 0.4) is 0 Å². The summed E-state index contributed by atoms with van der Waals surface area (Å²) in [5.74, 6) is -3.21. The Hall–Kier alpha value is -1.89. The maximum atomic E-state index is 10.5. The molecule has 0 heterocycles. The van der Waals surface area contributed by atoms with Crippen molar-refractivity contribution in [1.29, 1.82) is 0 Å². The van der Waals surface area contributed by atoms with E-state index in [1.54, 1.807) is 24.3 Å². The summed E-state index contributed by atoms with van der Waals surface area (Å²) in [5, 5.41) is 20.3. The van der Waals surface area contributed by atoms with Crippen LogP contribution >= 0.6 is 15.9 Å². The minimum absolute atomic E-state index is 0.475. The first kappa shape index (κ1) is 12.2. The maximum absolute atomic E-state index is 10.5. The summed E-state index contributed by atoms with van der Waals surface area (Å²) in [4.78, 5) is 21.0. The predicted octanol–water partition coefficient (Wildman–Crippen LogP) is 1.39. The molecule has 0 unspecified atom stereocenters. The number of carbonyl (C=O) groups is 2. The summed E-state index contributed by atoms with van der Waals surface area (Å²) in [6.07, 6.45) is 0. The topological polar surface area (TPSA) is 99.0 Å². The summed E-state index contributed by atoms with van der Waals surface area (Å²) in [7, 11) is 0. The van der Waals surface area contributed by atoms with Crippen LogP contribution in [0.4, 0.5) is 5.69 Å². The van der Waals surface area contributed by atoms with Gasteiger partial charge < -0.3 is 10.2 Å². The molecular weight excluding hydrogens is 280 g/mol. The van der Waals surface area contributed by atoms with Gasteiger partial charge in [-0.1, -0.05) is 12.1 Å². The number of carboxylic acid groups (broad SMARTS) is 2. The zero-order valence-corrected chi connectivity index (χ0v) is 9.43. The van der Waals surface area contributed by atoms with Crippen LogP contribution in [-0.4, -0.2) is 27.9 Å². The van der Waals surface area contributed by atoms with Gasteiger partial charge in [0, 0.05) is 4.47 Å². The SMILES string of the molecule is O=C(O)C(=NNc1ccccc1Br)C(=O)O. The molecule has 0 fully saturated rings. The van der Waals surface area contributed by atoms with Crippen molar-refractivity contribution in [2.75, 3.05) is 5.43 Å². The molecule has 0 aliphatic heterocycles. The number of hydrazone groups is 1. The van der Waals surface area contributed by atoms with E-state index in [2.05, 4.69) is 26.5 Å². The molecule has 7 heteroatoms. The molecule has 1 rings (SSSR count). The zero-order valence-electron chi connectivity index (χ0n) is 7.85. The molecule has 0 aliphatic rings. The fourth-order valence-electron chi connectivity index (χ4n) is 0.855. The fraction of sp³-hybridized carbons (Fsp3) is 0. The van der Waals surface area contributed by atoms with Gasteiger partial charge in [-0.2, -0.15) is 5.10 Å². The van der Waals surface area contributed by atoms with Crippen LogP contribution in [0.5, 0.6) is 0 Å². The third-order valence-corrected chi connectivity index (χ3v) is 2.26. The van der Waals surface area contributed by atoms with Crippen molar-refractivity contribution >= 4 is 39.3 Å². The van der Waals surface area contributed by atoms with E-state index in [0.29, 0.717) is 10.2 Å². The Morgan fingerprint density at radius 1 is 1.19 bits per heavy atom. The second-order valence-electron chi connectivity index (χ2n) is 2.66. The van der Waals surface area contributed by atoms with Gasteiger partial charge in [-0.25, -0.2) is 9.59 Å². The Morgan fingerprint density at radius 3 is 2.25 bits per heavy atom. The van der Waals surface area contributed by atoms with Gasteiger partial charge in [0.15, 0.2) is 0 Å². The highest BCUT2D eigenvalue weighted by molar-refractivity contribution is 9.10. The van der Waals surface area contributed by atoms with Crippen LogP contribution in [0.25, 0.3) is 0 Å². The summed E-state index contributed by atoms with van der Waals surface area (Å²) in [5.41, 5.74) is 1.85. The Bertz CT molecular complexity index is 443. The Kier molecular flexibility index (Phi) is 4.01. The van der Waals surface area contributed by atoms with Crippen LogP contribution < -0.4 is 5.43 Å². The fourth-order valence-corrected chi connectivity index (χ4v) is 1.23. The first-order valence-electron chi connectivity index (χ1n) is 4.07. The van der Waals surface area contributed by atoms with Crippen molar-refractivity contribution in [2.24, 2.45) is 5.10 Å². The van der Waals surface area contributed by atoms with E-state index in [0.717, 1.165) is 0 Å². The molecule has 6 nitrogen and oxygen atoms in total. The number of rotatable bonds is 4. The quantitative estimate of drug-likeness (QED) is 0.441. The van der Waals surface area contributed by atoms with E-state index in [-0.39, 0.29) is 0 Å². The molecule has 84 valence electrons. The molecule has 0 bridgehead atoms. The van der Waals surface area contributed by atoms with Crippen LogP contribution in [-0.2, 0) is 9.59 Å². The number of para-hydroxylation sites is 1. The number of carboxylic acids is 2. The summed E-state index contributed by atoms with van der Waals surface area (Å²) in [6, 6.07) is 6.78. The Morgan fingerprint density at radius 2 is 1.75 bits per heavy atom.